The number of aromatic hydroxyl groups is 1. The molecule has 1 N–H and O–H groups in total. The molecule has 0 bridgehead atoms. The molecule has 8 rings (SSSR count). The first-order chi connectivity index (χ1) is 32.0. The van der Waals surface area contributed by atoms with Crippen LogP contribution >= 0.6 is 0 Å². The quantitative estimate of drug-likeness (QED) is 0.0667. The van der Waals surface area contributed by atoms with Crippen LogP contribution in [0.4, 0.5) is 0 Å². The van der Waals surface area contributed by atoms with Crippen molar-refractivity contribution in [3.8, 4) is 46.0 Å². The summed E-state index contributed by atoms with van der Waals surface area (Å²) in [5.41, 5.74) is 6.78. The average Bonchev–Trinajstić information content (AvgIpc) is 3.35. The topological polar surface area (TPSA) is 102 Å². The maximum absolute atomic E-state index is 11.3. The summed E-state index contributed by atoms with van der Waals surface area (Å²) in [6, 6.07) is 61.7. The van der Waals surface area contributed by atoms with E-state index in [-0.39, 0.29) is 31.1 Å². The second-order valence-corrected chi connectivity index (χ2v) is 15.2. The van der Waals surface area contributed by atoms with Gasteiger partial charge in [0.1, 0.15) is 92.2 Å². The van der Waals surface area contributed by atoms with Crippen LogP contribution in [0.2, 0.25) is 0 Å². The van der Waals surface area contributed by atoms with Crippen LogP contribution in [0.3, 0.4) is 0 Å². The van der Waals surface area contributed by atoms with Crippen molar-refractivity contribution in [3.05, 3.63) is 239 Å². The Morgan fingerprint density at radius 2 is 0.554 bits per heavy atom. The summed E-state index contributed by atoms with van der Waals surface area (Å²) >= 11 is 0. The molecule has 0 heterocycles. The van der Waals surface area contributed by atoms with E-state index in [0.29, 0.717) is 73.0 Å². The molecule has 0 atom stereocenters. The van der Waals surface area contributed by atoms with Crippen molar-refractivity contribution in [2.45, 2.75) is 46.2 Å². The number of aldehydes is 1. The largest absolute Gasteiger partial charge is 0.507 e. The first-order valence-corrected chi connectivity index (χ1v) is 21.2. The summed E-state index contributed by atoms with van der Waals surface area (Å²) in [4.78, 5) is 11.3. The molecule has 0 saturated heterocycles. The third-order valence-corrected chi connectivity index (χ3v) is 10.2. The molecule has 0 unspecified atom stereocenters. The number of carbonyl (C=O) groups excluding carboxylic acids is 1. The fraction of sp³-hybridized carbons (Fsp3) is 0.125. The van der Waals surface area contributed by atoms with Gasteiger partial charge in [-0.2, -0.15) is 0 Å². The highest BCUT2D eigenvalue weighted by atomic mass is 16.5. The molecule has 0 aliphatic heterocycles. The van der Waals surface area contributed by atoms with Crippen LogP contribution in [-0.2, 0) is 46.2 Å². The van der Waals surface area contributed by atoms with Crippen molar-refractivity contribution < 1.29 is 43.1 Å². The maximum Gasteiger partial charge on any atom is 0.153 e. The molecule has 326 valence electrons. The maximum atomic E-state index is 11.3. The lowest BCUT2D eigenvalue weighted by molar-refractivity contribution is 0.112. The number of benzene rings is 8. The zero-order valence-electron chi connectivity index (χ0n) is 35.7. The molecule has 0 aliphatic rings. The fourth-order valence-electron chi connectivity index (χ4n) is 6.82. The number of hydrogen-bond acceptors (Lipinski definition) is 9. The molecule has 9 nitrogen and oxygen atoms in total. The summed E-state index contributed by atoms with van der Waals surface area (Å²) in [7, 11) is 0. The van der Waals surface area contributed by atoms with Gasteiger partial charge in [0.2, 0.25) is 0 Å². The molecule has 0 amide bonds. The number of carbonyl (C=O) groups is 1. The summed E-state index contributed by atoms with van der Waals surface area (Å²) in [6.07, 6.45) is 0.594. The Balaban J connectivity index is 1.03. The normalized spacial score (nSPS) is 10.7. The number of phenols is 1. The van der Waals surface area contributed by atoms with Crippen molar-refractivity contribution >= 4 is 6.29 Å². The van der Waals surface area contributed by atoms with Gasteiger partial charge in [-0.05, 0) is 87.5 Å². The fourth-order valence-corrected chi connectivity index (χ4v) is 6.82. The lowest BCUT2D eigenvalue weighted by Gasteiger charge is -2.16. The predicted octanol–water partition coefficient (Wildman–Crippen LogP) is 12.3. The number of rotatable bonds is 22. The predicted molar refractivity (Wildman–Crippen MR) is 249 cm³/mol. The summed E-state index contributed by atoms with van der Waals surface area (Å²) < 4.78 is 44.0. The van der Waals surface area contributed by atoms with Gasteiger partial charge >= 0.3 is 0 Å². The van der Waals surface area contributed by atoms with E-state index in [1.165, 1.54) is 12.1 Å². The second kappa shape index (κ2) is 22.3. The van der Waals surface area contributed by atoms with E-state index < -0.39 is 0 Å². The molecule has 0 spiro atoms. The summed E-state index contributed by atoms with van der Waals surface area (Å²) in [5, 5.41) is 10.3. The molecule has 0 fully saturated rings. The molecule has 0 aliphatic carbocycles. The van der Waals surface area contributed by atoms with Crippen molar-refractivity contribution in [3.63, 3.8) is 0 Å². The summed E-state index contributed by atoms with van der Waals surface area (Å²) in [5.74, 6) is 3.90. The Labute approximate surface area is 379 Å². The van der Waals surface area contributed by atoms with E-state index in [1.807, 2.05) is 176 Å². The van der Waals surface area contributed by atoms with Gasteiger partial charge in [0, 0.05) is 24.3 Å². The highest BCUT2D eigenvalue weighted by Crippen LogP contribution is 2.31. The lowest BCUT2D eigenvalue weighted by Crippen LogP contribution is -2.04. The van der Waals surface area contributed by atoms with Crippen LogP contribution in [0.5, 0.6) is 46.0 Å². The highest BCUT2D eigenvalue weighted by Gasteiger charge is 2.12. The van der Waals surface area contributed by atoms with Gasteiger partial charge in [-0.25, -0.2) is 0 Å². The Morgan fingerprint density at radius 1 is 0.292 bits per heavy atom. The molecule has 0 saturated carbocycles. The number of phenolic OH excluding ortho intramolecular Hbond substituents is 1. The van der Waals surface area contributed by atoms with Crippen LogP contribution in [0.25, 0.3) is 0 Å². The SMILES string of the molecule is O=Cc1ccc(OCc2cc(OCc3cc(OCc4ccccc4)cc(OCc4ccccc4)c3)cc(OCc3cc(OCc4ccccc4)cc(OCc4ccccc4)c3)c2)cc1O. The van der Waals surface area contributed by atoms with Crippen LogP contribution in [-0.4, -0.2) is 11.4 Å². The molecule has 0 aromatic heterocycles. The molecule has 9 heteroatoms. The minimum atomic E-state index is -0.164. The van der Waals surface area contributed by atoms with Crippen LogP contribution in [0.1, 0.15) is 49.3 Å². The van der Waals surface area contributed by atoms with Gasteiger partial charge in [-0.3, -0.25) is 4.79 Å². The first-order valence-electron chi connectivity index (χ1n) is 21.2. The molecule has 0 radical (unpaired) electrons. The van der Waals surface area contributed by atoms with E-state index in [2.05, 4.69) is 0 Å². The van der Waals surface area contributed by atoms with E-state index in [4.69, 9.17) is 33.2 Å². The third-order valence-electron chi connectivity index (χ3n) is 10.2. The monoisotopic (exact) mass is 864 g/mol. The van der Waals surface area contributed by atoms with Crippen LogP contribution < -0.4 is 33.2 Å². The van der Waals surface area contributed by atoms with Gasteiger partial charge in [0.05, 0.1) is 5.56 Å². The van der Waals surface area contributed by atoms with Crippen molar-refractivity contribution in [1.29, 1.82) is 0 Å². The van der Waals surface area contributed by atoms with Gasteiger partial charge in [-0.15, -0.1) is 0 Å². The molecular weight excluding hydrogens is 817 g/mol. The van der Waals surface area contributed by atoms with Gasteiger partial charge in [0.25, 0.3) is 0 Å². The minimum Gasteiger partial charge on any atom is -0.507 e. The standard InChI is InChI=1S/C56H48O9/c57-33-48-21-22-49(32-56(48)58)59-38-45-23-54(64-39-46-25-50(60-34-41-13-5-1-6-14-41)29-51(26-46)61-35-42-15-7-2-8-16-42)31-55(24-45)65-40-47-27-52(62-36-43-17-9-3-10-18-43)30-53(28-47)63-37-44-19-11-4-12-20-44/h1-33,58H,34-40H2. The van der Waals surface area contributed by atoms with Gasteiger partial charge in [-0.1, -0.05) is 121 Å². The smallest absolute Gasteiger partial charge is 0.153 e. The second-order valence-electron chi connectivity index (χ2n) is 15.2. The van der Waals surface area contributed by atoms with Crippen LogP contribution in [0.15, 0.2) is 194 Å². The van der Waals surface area contributed by atoms with Crippen molar-refractivity contribution in [2.24, 2.45) is 0 Å². The number of hydrogen-bond donors (Lipinski definition) is 1. The minimum absolute atomic E-state index is 0.119. The Morgan fingerprint density at radius 3 is 0.815 bits per heavy atom. The first kappa shape index (κ1) is 43.5. The lowest BCUT2D eigenvalue weighted by atomic mass is 10.1. The Bertz CT molecular complexity index is 2460. The van der Waals surface area contributed by atoms with E-state index in [1.54, 1.807) is 6.07 Å². The Hall–Kier alpha value is -8.17. The van der Waals surface area contributed by atoms with Crippen molar-refractivity contribution in [1.82, 2.24) is 0 Å². The van der Waals surface area contributed by atoms with E-state index in [0.717, 1.165) is 38.9 Å². The summed E-state index contributed by atoms with van der Waals surface area (Å²) in [6.45, 7) is 2.08. The molecule has 8 aromatic carbocycles. The highest BCUT2D eigenvalue weighted by molar-refractivity contribution is 5.79. The average molecular weight is 865 g/mol. The van der Waals surface area contributed by atoms with Crippen LogP contribution in [0, 0.1) is 0 Å². The van der Waals surface area contributed by atoms with Crippen molar-refractivity contribution in [2.75, 3.05) is 0 Å². The zero-order valence-corrected chi connectivity index (χ0v) is 35.7. The number of ether oxygens (including phenoxy) is 7. The van der Waals surface area contributed by atoms with Gasteiger partial charge in [0.15, 0.2) is 6.29 Å². The Kier molecular flexibility index (Phi) is 14.9. The molecular formula is C56H48O9. The molecule has 8 aromatic rings. The third kappa shape index (κ3) is 13.4. The van der Waals surface area contributed by atoms with Gasteiger partial charge < -0.3 is 38.3 Å². The van der Waals surface area contributed by atoms with E-state index in [9.17, 15) is 9.90 Å². The molecule has 65 heavy (non-hydrogen) atoms. The zero-order chi connectivity index (χ0) is 44.5. The van der Waals surface area contributed by atoms with E-state index >= 15 is 0 Å².